The molecule has 164 valence electrons. The minimum Gasteiger partial charge on any atom is -0.356 e. The third-order valence-electron chi connectivity index (χ3n) is 7.18. The van der Waals surface area contributed by atoms with Crippen molar-refractivity contribution in [2.24, 2.45) is 0 Å². The summed E-state index contributed by atoms with van der Waals surface area (Å²) in [5.74, 6) is 0.262. The Hall–Kier alpha value is -3.06. The van der Waals surface area contributed by atoms with Crippen molar-refractivity contribution >= 4 is 28.3 Å². The Kier molecular flexibility index (Phi) is 4.61. The molecule has 0 N–H and O–H groups in total. The lowest BCUT2D eigenvalue weighted by molar-refractivity contribution is -0.118. The van der Waals surface area contributed by atoms with Crippen molar-refractivity contribution in [2.45, 2.75) is 38.0 Å². The van der Waals surface area contributed by atoms with Gasteiger partial charge in [-0.15, -0.1) is 0 Å². The number of hydrogen-bond donors (Lipinski definition) is 0. The molecule has 1 saturated heterocycles. The monoisotopic (exact) mass is 433 g/mol. The van der Waals surface area contributed by atoms with Crippen LogP contribution in [0.2, 0.25) is 0 Å². The second-order valence-electron chi connectivity index (χ2n) is 9.12. The van der Waals surface area contributed by atoms with Crippen molar-refractivity contribution in [2.75, 3.05) is 31.1 Å². The van der Waals surface area contributed by atoms with Crippen LogP contribution in [0.3, 0.4) is 0 Å². The van der Waals surface area contributed by atoms with Gasteiger partial charge in [0.25, 0.3) is 0 Å². The number of ketones is 1. The molecule has 6 nitrogen and oxygen atoms in total. The molecule has 1 fully saturated rings. The number of halogens is 1. The number of hydrogen-bond acceptors (Lipinski definition) is 5. The van der Waals surface area contributed by atoms with E-state index in [-0.39, 0.29) is 23.4 Å². The summed E-state index contributed by atoms with van der Waals surface area (Å²) in [5, 5.41) is 5.08. The lowest BCUT2D eigenvalue weighted by Gasteiger charge is -2.30. The lowest BCUT2D eigenvalue weighted by Crippen LogP contribution is -2.37. The number of aromatic nitrogens is 1. The van der Waals surface area contributed by atoms with Crippen LogP contribution in [-0.4, -0.2) is 47.9 Å². The Morgan fingerprint density at radius 2 is 1.84 bits per heavy atom. The minimum atomic E-state index is -0.325. The molecule has 0 radical (unpaired) electrons. The van der Waals surface area contributed by atoms with Crippen LogP contribution in [0.4, 0.5) is 10.1 Å². The Morgan fingerprint density at radius 1 is 1.06 bits per heavy atom. The van der Waals surface area contributed by atoms with E-state index in [1.807, 2.05) is 17.0 Å². The highest BCUT2D eigenvalue weighted by molar-refractivity contribution is 6.02. The van der Waals surface area contributed by atoms with Gasteiger partial charge < -0.3 is 9.42 Å². The number of benzene rings is 2. The van der Waals surface area contributed by atoms with Gasteiger partial charge in [-0.3, -0.25) is 14.5 Å². The molecule has 6 rings (SSSR count). The Morgan fingerprint density at radius 3 is 2.66 bits per heavy atom. The van der Waals surface area contributed by atoms with Gasteiger partial charge >= 0.3 is 0 Å². The molecule has 0 atom stereocenters. The van der Waals surface area contributed by atoms with E-state index in [1.54, 1.807) is 6.07 Å². The third kappa shape index (κ3) is 3.23. The van der Waals surface area contributed by atoms with Crippen molar-refractivity contribution in [1.29, 1.82) is 0 Å². The molecule has 0 bridgehead atoms. The van der Waals surface area contributed by atoms with Crippen LogP contribution in [0, 0.1) is 5.82 Å². The summed E-state index contributed by atoms with van der Waals surface area (Å²) < 4.78 is 18.7. The molecular weight excluding hydrogens is 409 g/mol. The zero-order chi connectivity index (χ0) is 21.8. The van der Waals surface area contributed by atoms with Gasteiger partial charge in [-0.25, -0.2) is 4.39 Å². The van der Waals surface area contributed by atoms with Crippen molar-refractivity contribution in [3.8, 4) is 0 Å². The van der Waals surface area contributed by atoms with E-state index in [4.69, 9.17) is 4.52 Å². The summed E-state index contributed by atoms with van der Waals surface area (Å²) in [4.78, 5) is 29.3. The molecule has 3 aliphatic rings. The van der Waals surface area contributed by atoms with Crippen LogP contribution in [-0.2, 0) is 17.6 Å². The van der Waals surface area contributed by atoms with E-state index in [0.29, 0.717) is 18.5 Å². The van der Waals surface area contributed by atoms with Crippen LogP contribution in [0.1, 0.15) is 52.4 Å². The summed E-state index contributed by atoms with van der Waals surface area (Å²) in [5.41, 5.74) is 5.46. The van der Waals surface area contributed by atoms with E-state index in [0.717, 1.165) is 78.8 Å². The fourth-order valence-electron chi connectivity index (χ4n) is 5.50. The smallest absolute Gasteiger partial charge is 0.227 e. The molecule has 1 aromatic heterocycles. The number of amides is 1. The average Bonchev–Trinajstić information content (AvgIpc) is 3.42. The first-order valence-corrected chi connectivity index (χ1v) is 11.3. The van der Waals surface area contributed by atoms with E-state index in [1.165, 1.54) is 12.1 Å². The Labute approximate surface area is 185 Å². The highest BCUT2D eigenvalue weighted by atomic mass is 19.1. The number of likely N-dealkylation sites (tertiary alicyclic amines) is 1. The van der Waals surface area contributed by atoms with Crippen molar-refractivity contribution in [1.82, 2.24) is 10.1 Å². The van der Waals surface area contributed by atoms with Gasteiger partial charge in [0.05, 0.1) is 17.9 Å². The summed E-state index contributed by atoms with van der Waals surface area (Å²) in [6.45, 7) is 2.76. The summed E-state index contributed by atoms with van der Waals surface area (Å²) in [7, 11) is 0. The van der Waals surface area contributed by atoms with Gasteiger partial charge in [0.2, 0.25) is 5.91 Å². The standard InChI is InChI=1S/C25H24FN3O3/c26-19-2-3-20-22(13-19)32-27-24(20)15-5-8-28(9-6-15)14-21(30)18-11-16-1-4-23(31)29-10-7-17(12-18)25(16)29/h2-3,11-13,15H,1,4-10,14H2. The number of rotatable bonds is 4. The molecule has 0 aliphatic carbocycles. The molecule has 3 aromatic rings. The van der Waals surface area contributed by atoms with Crippen LogP contribution in [0.15, 0.2) is 34.9 Å². The number of fused-ring (bicyclic) bond motifs is 1. The highest BCUT2D eigenvalue weighted by Crippen LogP contribution is 2.38. The molecule has 0 spiro atoms. The number of anilines is 1. The van der Waals surface area contributed by atoms with Crippen molar-refractivity contribution in [3.05, 3.63) is 58.5 Å². The lowest BCUT2D eigenvalue weighted by atomic mass is 9.91. The first-order chi connectivity index (χ1) is 15.6. The first kappa shape index (κ1) is 19.6. The molecule has 32 heavy (non-hydrogen) atoms. The maximum atomic E-state index is 13.4. The van der Waals surface area contributed by atoms with Gasteiger partial charge in [0, 0.05) is 35.9 Å². The Bertz CT molecular complexity index is 1240. The molecule has 1 amide bonds. The van der Waals surface area contributed by atoms with E-state index >= 15 is 0 Å². The van der Waals surface area contributed by atoms with Crippen LogP contribution >= 0.6 is 0 Å². The summed E-state index contributed by atoms with van der Waals surface area (Å²) >= 11 is 0. The first-order valence-electron chi connectivity index (χ1n) is 11.3. The zero-order valence-electron chi connectivity index (χ0n) is 17.8. The van der Waals surface area contributed by atoms with Crippen LogP contribution < -0.4 is 4.90 Å². The number of Topliss-reactive ketones (excluding diaryl/α,β-unsaturated/α-hetero) is 1. The topological polar surface area (TPSA) is 66.7 Å². The number of nitrogens with zero attached hydrogens (tertiary/aromatic N) is 3. The SMILES string of the molecule is O=C(CN1CCC(c2noc3cc(F)ccc23)CC1)c1cc2c3c(c1)CCN3C(=O)CC2. The Balaban J connectivity index is 1.13. The fraction of sp³-hybridized carbons (Fsp3) is 0.400. The maximum absolute atomic E-state index is 13.4. The minimum absolute atomic E-state index is 0.139. The predicted octanol–water partition coefficient (Wildman–Crippen LogP) is 3.86. The summed E-state index contributed by atoms with van der Waals surface area (Å²) in [6, 6.07) is 8.54. The second kappa shape index (κ2) is 7.52. The third-order valence-corrected chi connectivity index (χ3v) is 7.18. The van der Waals surface area contributed by atoms with Gasteiger partial charge in [-0.2, -0.15) is 0 Å². The van der Waals surface area contributed by atoms with Crippen molar-refractivity contribution in [3.63, 3.8) is 0 Å². The molecule has 2 aromatic carbocycles. The fourth-order valence-corrected chi connectivity index (χ4v) is 5.50. The average molecular weight is 433 g/mol. The number of carbonyl (C=O) groups excluding carboxylic acids is 2. The molecule has 4 heterocycles. The normalized spacial score (nSPS) is 19.0. The largest absolute Gasteiger partial charge is 0.356 e. The number of piperidine rings is 1. The quantitative estimate of drug-likeness (QED) is 0.585. The summed E-state index contributed by atoms with van der Waals surface area (Å²) in [6.07, 6.45) is 3.86. The maximum Gasteiger partial charge on any atom is 0.227 e. The van der Waals surface area contributed by atoms with Crippen molar-refractivity contribution < 1.29 is 18.5 Å². The van der Waals surface area contributed by atoms with E-state index in [9.17, 15) is 14.0 Å². The molecule has 0 unspecified atom stereocenters. The molecule has 3 aliphatic heterocycles. The molecule has 0 saturated carbocycles. The predicted molar refractivity (Wildman–Crippen MR) is 118 cm³/mol. The van der Waals surface area contributed by atoms with E-state index in [2.05, 4.69) is 10.1 Å². The van der Waals surface area contributed by atoms with Crippen LogP contribution in [0.5, 0.6) is 0 Å². The number of aryl methyl sites for hydroxylation is 1. The number of carbonyl (C=O) groups is 2. The van der Waals surface area contributed by atoms with Crippen LogP contribution in [0.25, 0.3) is 11.0 Å². The molecular formula is C25H24FN3O3. The second-order valence-corrected chi connectivity index (χ2v) is 9.12. The highest BCUT2D eigenvalue weighted by Gasteiger charge is 2.32. The van der Waals surface area contributed by atoms with E-state index < -0.39 is 0 Å². The molecule has 7 heteroatoms. The zero-order valence-corrected chi connectivity index (χ0v) is 17.8. The van der Waals surface area contributed by atoms with Gasteiger partial charge in [-0.1, -0.05) is 5.16 Å². The van der Waals surface area contributed by atoms with Gasteiger partial charge in [0.1, 0.15) is 5.82 Å². The van der Waals surface area contributed by atoms with Gasteiger partial charge in [-0.05, 0) is 74.2 Å². The van der Waals surface area contributed by atoms with Gasteiger partial charge in [0.15, 0.2) is 11.4 Å².